The number of benzene rings is 3. The molecule has 0 spiro atoms. The van der Waals surface area contributed by atoms with Crippen LogP contribution in [0.2, 0.25) is 0 Å². The maximum atomic E-state index is 13.0. The van der Waals surface area contributed by atoms with Gasteiger partial charge in [0.1, 0.15) is 0 Å². The molecule has 1 aliphatic carbocycles. The average molecular weight is 335 g/mol. The van der Waals surface area contributed by atoms with Crippen LogP contribution in [0, 0.1) is 13.8 Å². The molecule has 3 aromatic carbocycles. The summed E-state index contributed by atoms with van der Waals surface area (Å²) in [5.74, 6) is 0.0590. The molecule has 0 unspecified atom stereocenters. The second-order valence-electron chi connectivity index (χ2n) is 7.00. The number of pyridine rings is 1. The quantitative estimate of drug-likeness (QED) is 0.391. The normalized spacial score (nSPS) is 12.3. The SMILES string of the molecule is Cc1cc(C)cc(-c2ncc3c4c(cccc24)-c2ccccc2C3=O)c1. The highest BCUT2D eigenvalue weighted by Gasteiger charge is 2.26. The minimum absolute atomic E-state index is 0.0590. The van der Waals surface area contributed by atoms with Gasteiger partial charge in [-0.1, -0.05) is 59.7 Å². The number of carbonyl (C=O) groups excluding carboxylic acids is 1. The van der Waals surface area contributed by atoms with Crippen molar-refractivity contribution in [1.82, 2.24) is 4.98 Å². The fraction of sp³-hybridized carbons (Fsp3) is 0.0833. The molecule has 2 nitrogen and oxygen atoms in total. The number of nitrogens with zero attached hydrogens (tertiary/aromatic N) is 1. The summed E-state index contributed by atoms with van der Waals surface area (Å²) in [6.07, 6.45) is 1.75. The Bertz CT molecular complexity index is 1200. The summed E-state index contributed by atoms with van der Waals surface area (Å²) in [7, 11) is 0. The molecule has 5 rings (SSSR count). The molecule has 0 saturated carbocycles. The second kappa shape index (κ2) is 5.37. The molecule has 0 aliphatic heterocycles. The van der Waals surface area contributed by atoms with E-state index in [0.717, 1.165) is 38.7 Å². The summed E-state index contributed by atoms with van der Waals surface area (Å²) >= 11 is 0. The van der Waals surface area contributed by atoms with Crippen molar-refractivity contribution in [1.29, 1.82) is 0 Å². The van der Waals surface area contributed by atoms with E-state index in [1.165, 1.54) is 11.1 Å². The van der Waals surface area contributed by atoms with E-state index < -0.39 is 0 Å². The molecule has 1 heterocycles. The van der Waals surface area contributed by atoms with Gasteiger partial charge in [-0.05, 0) is 37.1 Å². The number of carbonyl (C=O) groups is 1. The van der Waals surface area contributed by atoms with Gasteiger partial charge < -0.3 is 0 Å². The first kappa shape index (κ1) is 15.0. The fourth-order valence-electron chi connectivity index (χ4n) is 4.10. The number of ketones is 1. The van der Waals surface area contributed by atoms with E-state index in [0.29, 0.717) is 5.56 Å². The summed E-state index contributed by atoms with van der Waals surface area (Å²) in [5.41, 5.74) is 8.03. The fourth-order valence-corrected chi connectivity index (χ4v) is 4.10. The minimum Gasteiger partial charge on any atom is -0.289 e. The number of aryl methyl sites for hydroxylation is 2. The average Bonchev–Trinajstić information content (AvgIpc) is 2.65. The zero-order valence-corrected chi connectivity index (χ0v) is 14.7. The molecule has 4 aromatic rings. The molecule has 0 amide bonds. The third kappa shape index (κ3) is 2.05. The molecule has 1 aromatic heterocycles. The Labute approximate surface area is 152 Å². The Balaban J connectivity index is 1.90. The van der Waals surface area contributed by atoms with E-state index in [9.17, 15) is 4.79 Å². The van der Waals surface area contributed by atoms with Crippen molar-refractivity contribution in [2.24, 2.45) is 0 Å². The van der Waals surface area contributed by atoms with Crippen LogP contribution in [0.3, 0.4) is 0 Å². The van der Waals surface area contributed by atoms with E-state index in [1.807, 2.05) is 24.3 Å². The second-order valence-corrected chi connectivity index (χ2v) is 7.00. The van der Waals surface area contributed by atoms with Crippen molar-refractivity contribution in [3.8, 4) is 22.4 Å². The molecule has 0 fully saturated rings. The van der Waals surface area contributed by atoms with Gasteiger partial charge in [-0.3, -0.25) is 9.78 Å². The first-order valence-corrected chi connectivity index (χ1v) is 8.78. The van der Waals surface area contributed by atoms with Crippen LogP contribution in [-0.4, -0.2) is 10.8 Å². The van der Waals surface area contributed by atoms with Crippen molar-refractivity contribution < 1.29 is 4.79 Å². The van der Waals surface area contributed by atoms with Crippen LogP contribution in [-0.2, 0) is 0 Å². The molecular weight excluding hydrogens is 318 g/mol. The Kier molecular flexibility index (Phi) is 3.10. The number of fused-ring (bicyclic) bond motifs is 2. The van der Waals surface area contributed by atoms with Gasteiger partial charge in [0.15, 0.2) is 5.78 Å². The zero-order chi connectivity index (χ0) is 17.8. The van der Waals surface area contributed by atoms with Crippen molar-refractivity contribution in [2.45, 2.75) is 13.8 Å². The highest BCUT2D eigenvalue weighted by molar-refractivity contribution is 6.26. The molecular formula is C24H17NO. The summed E-state index contributed by atoms with van der Waals surface area (Å²) < 4.78 is 0. The maximum absolute atomic E-state index is 13.0. The third-order valence-corrected chi connectivity index (χ3v) is 5.11. The van der Waals surface area contributed by atoms with Gasteiger partial charge in [0.2, 0.25) is 0 Å². The predicted molar refractivity (Wildman–Crippen MR) is 106 cm³/mol. The Hall–Kier alpha value is -3.26. The van der Waals surface area contributed by atoms with Crippen LogP contribution in [0.15, 0.2) is 66.9 Å². The van der Waals surface area contributed by atoms with E-state index in [2.05, 4.69) is 50.2 Å². The van der Waals surface area contributed by atoms with Crippen LogP contribution in [0.25, 0.3) is 33.2 Å². The summed E-state index contributed by atoms with van der Waals surface area (Å²) in [6.45, 7) is 4.20. The first-order valence-electron chi connectivity index (χ1n) is 8.78. The predicted octanol–water partition coefficient (Wildman–Crippen LogP) is 5.73. The van der Waals surface area contributed by atoms with E-state index >= 15 is 0 Å². The smallest absolute Gasteiger partial charge is 0.195 e. The van der Waals surface area contributed by atoms with Gasteiger partial charge >= 0.3 is 0 Å². The van der Waals surface area contributed by atoms with Gasteiger partial charge in [0.05, 0.1) is 5.69 Å². The topological polar surface area (TPSA) is 30.0 Å². The van der Waals surface area contributed by atoms with E-state index in [4.69, 9.17) is 4.98 Å². The molecule has 0 saturated heterocycles. The van der Waals surface area contributed by atoms with E-state index in [1.54, 1.807) is 6.20 Å². The molecule has 2 heteroatoms. The van der Waals surface area contributed by atoms with Crippen molar-refractivity contribution in [2.75, 3.05) is 0 Å². The van der Waals surface area contributed by atoms with Crippen LogP contribution < -0.4 is 0 Å². The number of hydrogen-bond donors (Lipinski definition) is 0. The monoisotopic (exact) mass is 335 g/mol. The highest BCUT2D eigenvalue weighted by Crippen LogP contribution is 2.41. The van der Waals surface area contributed by atoms with Crippen LogP contribution in [0.4, 0.5) is 0 Å². The lowest BCUT2D eigenvalue weighted by Gasteiger charge is -2.20. The lowest BCUT2D eigenvalue weighted by Crippen LogP contribution is -2.10. The lowest BCUT2D eigenvalue weighted by molar-refractivity contribution is 0.104. The zero-order valence-electron chi connectivity index (χ0n) is 14.7. The molecule has 0 atom stereocenters. The summed E-state index contributed by atoms with van der Waals surface area (Å²) in [4.78, 5) is 17.7. The van der Waals surface area contributed by atoms with Crippen LogP contribution in [0.5, 0.6) is 0 Å². The number of hydrogen-bond acceptors (Lipinski definition) is 2. The molecule has 0 N–H and O–H groups in total. The molecule has 26 heavy (non-hydrogen) atoms. The van der Waals surface area contributed by atoms with Gasteiger partial charge in [-0.15, -0.1) is 0 Å². The van der Waals surface area contributed by atoms with Crippen molar-refractivity contribution in [3.63, 3.8) is 0 Å². The standard InChI is InChI=1S/C24H17NO/c1-14-10-15(2)12-16(11-14)23-20-9-5-8-18-17-6-3-4-7-19(17)24(26)21(13-25-23)22(18)20/h3-13H,1-2H3. The summed E-state index contributed by atoms with van der Waals surface area (Å²) in [5, 5.41) is 2.05. The first-order chi connectivity index (χ1) is 12.6. The van der Waals surface area contributed by atoms with Crippen LogP contribution >= 0.6 is 0 Å². The molecule has 0 radical (unpaired) electrons. The van der Waals surface area contributed by atoms with Crippen molar-refractivity contribution in [3.05, 3.63) is 89.1 Å². The maximum Gasteiger partial charge on any atom is 0.195 e. The molecule has 1 aliphatic rings. The highest BCUT2D eigenvalue weighted by atomic mass is 16.1. The summed E-state index contributed by atoms with van der Waals surface area (Å²) in [6, 6.07) is 20.5. The Morgan fingerprint density at radius 2 is 1.42 bits per heavy atom. The molecule has 124 valence electrons. The number of aromatic nitrogens is 1. The van der Waals surface area contributed by atoms with Gasteiger partial charge in [0, 0.05) is 33.7 Å². The van der Waals surface area contributed by atoms with Gasteiger partial charge in [-0.25, -0.2) is 0 Å². The molecule has 0 bridgehead atoms. The lowest BCUT2D eigenvalue weighted by atomic mass is 9.83. The van der Waals surface area contributed by atoms with Crippen LogP contribution in [0.1, 0.15) is 27.0 Å². The van der Waals surface area contributed by atoms with Crippen molar-refractivity contribution >= 4 is 16.6 Å². The Morgan fingerprint density at radius 1 is 0.731 bits per heavy atom. The van der Waals surface area contributed by atoms with Gasteiger partial charge in [-0.2, -0.15) is 0 Å². The van der Waals surface area contributed by atoms with E-state index in [-0.39, 0.29) is 5.78 Å². The largest absolute Gasteiger partial charge is 0.289 e. The number of rotatable bonds is 1. The Morgan fingerprint density at radius 3 is 2.19 bits per heavy atom. The van der Waals surface area contributed by atoms with Gasteiger partial charge in [0.25, 0.3) is 0 Å². The minimum atomic E-state index is 0.0590. The third-order valence-electron chi connectivity index (χ3n) is 5.11.